The van der Waals surface area contributed by atoms with Crippen LogP contribution in [-0.4, -0.2) is 64.5 Å². The van der Waals surface area contributed by atoms with E-state index in [4.69, 9.17) is 5.73 Å². The predicted octanol–water partition coefficient (Wildman–Crippen LogP) is 2.32. The molecule has 0 bridgehead atoms. The molecule has 162 valence electrons. The van der Waals surface area contributed by atoms with Gasteiger partial charge < -0.3 is 20.6 Å². The number of carbonyl (C=O) groups is 2. The Morgan fingerprint density at radius 3 is 2.18 bits per heavy atom. The first-order valence-electron chi connectivity index (χ1n) is 10.8. The summed E-state index contributed by atoms with van der Waals surface area (Å²) in [5, 5.41) is 10.8. The largest absolute Gasteiger partial charge is 0.392 e. The minimum Gasteiger partial charge on any atom is -0.392 e. The predicted molar refractivity (Wildman–Crippen MR) is 112 cm³/mol. The summed E-state index contributed by atoms with van der Waals surface area (Å²) >= 11 is 0. The van der Waals surface area contributed by atoms with Crippen molar-refractivity contribution in [1.29, 1.82) is 0 Å². The lowest BCUT2D eigenvalue weighted by atomic mass is 9.71. The first-order valence-corrected chi connectivity index (χ1v) is 10.8. The Balaban J connectivity index is 0.00000280. The standard InChI is InChI=1S/C21H37N3O3.ClH/c1-20(2,22)19(27)24-13-10-17(25)21(15-24)11-7-12-23(14-21)18(26)16-8-5-3-4-6-9-16;/h16-17,25H,3-15,22H2,1-2H3;1H/t17-,21+;/m1./s1. The number of rotatable bonds is 2. The smallest absolute Gasteiger partial charge is 0.242 e. The molecule has 0 aromatic carbocycles. The summed E-state index contributed by atoms with van der Waals surface area (Å²) in [6.45, 7) is 5.85. The molecule has 2 aliphatic heterocycles. The number of nitrogens with zero attached hydrogens (tertiary/aromatic N) is 2. The lowest BCUT2D eigenvalue weighted by Gasteiger charge is -2.52. The number of aliphatic hydroxyl groups is 1. The van der Waals surface area contributed by atoms with E-state index in [1.165, 1.54) is 12.8 Å². The van der Waals surface area contributed by atoms with Crippen molar-refractivity contribution in [2.75, 3.05) is 26.2 Å². The molecule has 3 N–H and O–H groups in total. The minimum absolute atomic E-state index is 0. The van der Waals surface area contributed by atoms with Gasteiger partial charge in [0.1, 0.15) is 0 Å². The molecule has 2 atom stereocenters. The maximum atomic E-state index is 13.2. The number of amides is 2. The van der Waals surface area contributed by atoms with Crippen LogP contribution in [0.4, 0.5) is 0 Å². The van der Waals surface area contributed by atoms with Crippen molar-refractivity contribution in [3.63, 3.8) is 0 Å². The van der Waals surface area contributed by atoms with Crippen LogP contribution < -0.4 is 5.73 Å². The number of hydrogen-bond acceptors (Lipinski definition) is 4. The van der Waals surface area contributed by atoms with E-state index in [-0.39, 0.29) is 30.1 Å². The van der Waals surface area contributed by atoms with Gasteiger partial charge in [-0.15, -0.1) is 12.4 Å². The summed E-state index contributed by atoms with van der Waals surface area (Å²) in [5.41, 5.74) is 4.72. The van der Waals surface area contributed by atoms with Crippen LogP contribution in [-0.2, 0) is 9.59 Å². The third kappa shape index (κ3) is 5.00. The monoisotopic (exact) mass is 415 g/mol. The van der Waals surface area contributed by atoms with Crippen LogP contribution in [0.1, 0.15) is 71.6 Å². The fourth-order valence-corrected chi connectivity index (χ4v) is 5.26. The van der Waals surface area contributed by atoms with Crippen LogP contribution in [0.15, 0.2) is 0 Å². The van der Waals surface area contributed by atoms with Gasteiger partial charge in [0.05, 0.1) is 11.6 Å². The van der Waals surface area contributed by atoms with Crippen LogP contribution in [0.3, 0.4) is 0 Å². The molecule has 3 rings (SSSR count). The second kappa shape index (κ2) is 9.31. The zero-order valence-corrected chi connectivity index (χ0v) is 18.3. The first kappa shape index (κ1) is 23.4. The number of hydrogen-bond donors (Lipinski definition) is 2. The zero-order valence-electron chi connectivity index (χ0n) is 17.5. The summed E-state index contributed by atoms with van der Waals surface area (Å²) in [6.07, 6.45) is 8.60. The molecule has 2 amide bonds. The van der Waals surface area contributed by atoms with Gasteiger partial charge in [-0.1, -0.05) is 25.7 Å². The van der Waals surface area contributed by atoms with Gasteiger partial charge >= 0.3 is 0 Å². The highest BCUT2D eigenvalue weighted by molar-refractivity contribution is 5.85. The molecule has 1 aliphatic carbocycles. The molecule has 2 heterocycles. The van der Waals surface area contributed by atoms with Crippen molar-refractivity contribution >= 4 is 24.2 Å². The van der Waals surface area contributed by atoms with E-state index in [9.17, 15) is 14.7 Å². The number of carbonyl (C=O) groups excluding carboxylic acids is 2. The molecule has 1 saturated carbocycles. The molecule has 3 aliphatic rings. The Labute approximate surface area is 175 Å². The Kier molecular flexibility index (Phi) is 7.79. The van der Waals surface area contributed by atoms with E-state index in [1.807, 2.05) is 9.80 Å². The van der Waals surface area contributed by atoms with E-state index in [0.29, 0.717) is 26.1 Å². The number of likely N-dealkylation sites (tertiary alicyclic amines) is 2. The molecule has 0 unspecified atom stereocenters. The van der Waals surface area contributed by atoms with Crippen molar-refractivity contribution in [1.82, 2.24) is 9.80 Å². The van der Waals surface area contributed by atoms with Gasteiger partial charge in [-0.25, -0.2) is 0 Å². The number of nitrogens with two attached hydrogens (primary N) is 1. The molecule has 0 radical (unpaired) electrons. The quantitative estimate of drug-likeness (QED) is 0.677. The van der Waals surface area contributed by atoms with E-state index in [1.54, 1.807) is 13.8 Å². The summed E-state index contributed by atoms with van der Waals surface area (Å²) < 4.78 is 0. The van der Waals surface area contributed by atoms with Gasteiger partial charge in [0.25, 0.3) is 0 Å². The highest BCUT2D eigenvalue weighted by atomic mass is 35.5. The van der Waals surface area contributed by atoms with Crippen LogP contribution >= 0.6 is 12.4 Å². The molecule has 1 spiro atoms. The van der Waals surface area contributed by atoms with Gasteiger partial charge in [0.15, 0.2) is 0 Å². The lowest BCUT2D eigenvalue weighted by molar-refractivity contribution is -0.153. The van der Waals surface area contributed by atoms with Crippen molar-refractivity contribution < 1.29 is 14.7 Å². The van der Waals surface area contributed by atoms with Gasteiger partial charge in [0.2, 0.25) is 11.8 Å². The molecule has 3 fully saturated rings. The normalized spacial score (nSPS) is 29.9. The van der Waals surface area contributed by atoms with Crippen LogP contribution in [0, 0.1) is 11.3 Å². The maximum Gasteiger partial charge on any atom is 0.242 e. The Morgan fingerprint density at radius 1 is 0.964 bits per heavy atom. The molecular formula is C21H38ClN3O3. The first-order chi connectivity index (χ1) is 12.7. The van der Waals surface area contributed by atoms with Gasteiger partial charge in [-0.05, 0) is 46.0 Å². The molecule has 2 saturated heterocycles. The van der Waals surface area contributed by atoms with Crippen LogP contribution in [0.25, 0.3) is 0 Å². The van der Waals surface area contributed by atoms with Crippen molar-refractivity contribution in [2.24, 2.45) is 17.1 Å². The maximum absolute atomic E-state index is 13.2. The van der Waals surface area contributed by atoms with Gasteiger partial charge in [-0.3, -0.25) is 9.59 Å². The average Bonchev–Trinajstić information content (AvgIpc) is 2.92. The number of halogens is 1. The van der Waals surface area contributed by atoms with Crippen molar-refractivity contribution in [3.05, 3.63) is 0 Å². The Morgan fingerprint density at radius 2 is 1.57 bits per heavy atom. The third-order valence-corrected chi connectivity index (χ3v) is 6.85. The number of piperidine rings is 2. The molecule has 0 aromatic heterocycles. The summed E-state index contributed by atoms with van der Waals surface area (Å²) in [7, 11) is 0. The second-order valence-electron chi connectivity index (χ2n) is 9.67. The summed E-state index contributed by atoms with van der Waals surface area (Å²) in [4.78, 5) is 29.7. The van der Waals surface area contributed by atoms with Crippen LogP contribution in [0.2, 0.25) is 0 Å². The number of aliphatic hydroxyl groups excluding tert-OH is 1. The summed E-state index contributed by atoms with van der Waals surface area (Å²) in [5.74, 6) is 0.343. The SMILES string of the molecule is CC(C)(N)C(=O)N1CC[C@@H](O)[C@]2(CCCN(C(=O)C3CCCCCC3)C2)C1.Cl. The van der Waals surface area contributed by atoms with E-state index >= 15 is 0 Å². The third-order valence-electron chi connectivity index (χ3n) is 6.85. The van der Waals surface area contributed by atoms with E-state index in [2.05, 4.69) is 0 Å². The Hall–Kier alpha value is -0.850. The van der Waals surface area contributed by atoms with E-state index in [0.717, 1.165) is 45.1 Å². The lowest BCUT2D eigenvalue weighted by Crippen LogP contribution is -2.63. The Bertz CT molecular complexity index is 558. The van der Waals surface area contributed by atoms with Crippen LogP contribution in [0.5, 0.6) is 0 Å². The summed E-state index contributed by atoms with van der Waals surface area (Å²) in [6, 6.07) is 0. The fourth-order valence-electron chi connectivity index (χ4n) is 5.26. The zero-order chi connectivity index (χ0) is 19.7. The topological polar surface area (TPSA) is 86.9 Å². The minimum atomic E-state index is -0.909. The molecule has 6 nitrogen and oxygen atoms in total. The molecule has 28 heavy (non-hydrogen) atoms. The van der Waals surface area contributed by atoms with Gasteiger partial charge in [0, 0.05) is 37.5 Å². The highest BCUT2D eigenvalue weighted by Crippen LogP contribution is 2.40. The van der Waals surface area contributed by atoms with Gasteiger partial charge in [-0.2, -0.15) is 0 Å². The van der Waals surface area contributed by atoms with E-state index < -0.39 is 17.1 Å². The fraction of sp³-hybridized carbons (Fsp3) is 0.905. The molecular weight excluding hydrogens is 378 g/mol. The van der Waals surface area contributed by atoms with Crippen molar-refractivity contribution in [3.8, 4) is 0 Å². The highest BCUT2D eigenvalue weighted by Gasteiger charge is 2.48. The second-order valence-corrected chi connectivity index (χ2v) is 9.67. The average molecular weight is 416 g/mol. The molecule has 7 heteroatoms. The molecule has 0 aromatic rings. The van der Waals surface area contributed by atoms with Crippen molar-refractivity contribution in [2.45, 2.75) is 83.3 Å².